The van der Waals surface area contributed by atoms with Crippen LogP contribution in [-0.2, 0) is 0 Å². The van der Waals surface area contributed by atoms with Crippen LogP contribution in [-0.4, -0.2) is 31.5 Å². The van der Waals surface area contributed by atoms with Crippen LogP contribution in [0.4, 0.5) is 0 Å². The molecule has 0 unspecified atom stereocenters. The first-order valence-electron chi connectivity index (χ1n) is 6.63. The van der Waals surface area contributed by atoms with E-state index in [1.54, 1.807) is 0 Å². The summed E-state index contributed by atoms with van der Waals surface area (Å²) in [5, 5.41) is 4.90. The van der Waals surface area contributed by atoms with E-state index in [-0.39, 0.29) is 0 Å². The molecule has 6 atom stereocenters. The number of rotatable bonds is 2. The lowest BCUT2D eigenvalue weighted by molar-refractivity contribution is 0.728. The summed E-state index contributed by atoms with van der Waals surface area (Å²) in [5.74, 6) is 0. The minimum absolute atomic E-state index is 0.775. The van der Waals surface area contributed by atoms with Crippen LogP contribution < -0.4 is 0 Å². The molecule has 0 aliphatic carbocycles. The van der Waals surface area contributed by atoms with Crippen LogP contribution in [0, 0.1) is 0 Å². The summed E-state index contributed by atoms with van der Waals surface area (Å²) in [6.07, 6.45) is 2.62. The lowest BCUT2D eigenvalue weighted by atomic mass is 10.1. The van der Waals surface area contributed by atoms with E-state index < -0.39 is 0 Å². The zero-order valence-corrected chi connectivity index (χ0v) is 16.2. The predicted octanol–water partition coefficient (Wildman–Crippen LogP) is 6.23. The molecule has 0 aromatic carbocycles. The fourth-order valence-electron chi connectivity index (χ4n) is 2.12. The summed E-state index contributed by atoms with van der Waals surface area (Å²) in [6, 6.07) is 0. The Labute approximate surface area is 136 Å². The predicted molar refractivity (Wildman–Crippen MR) is 100 cm³/mol. The molecule has 0 N–H and O–H groups in total. The lowest BCUT2D eigenvalue weighted by Crippen LogP contribution is -2.29. The van der Waals surface area contributed by atoms with Crippen molar-refractivity contribution in [3.63, 3.8) is 0 Å². The second-order valence-corrected chi connectivity index (χ2v) is 13.2. The largest absolute Gasteiger partial charge is 0.0895 e. The van der Waals surface area contributed by atoms with Gasteiger partial charge in [-0.15, -0.1) is 0 Å². The highest BCUT2D eigenvalue weighted by Crippen LogP contribution is 2.58. The topological polar surface area (TPSA) is 0 Å². The maximum Gasteiger partial charge on any atom is 0.0416 e. The van der Waals surface area contributed by atoms with E-state index in [1.807, 2.05) is 0 Å². The fraction of sp³-hybridized carbons (Fsp3) is 1.00. The molecule has 18 heavy (non-hydrogen) atoms. The van der Waals surface area contributed by atoms with Gasteiger partial charge in [-0.2, -0.15) is 0 Å². The molecule has 2 rings (SSSR count). The first-order valence-corrected chi connectivity index (χ1v) is 13.5. The number of fused-ring (bicyclic) bond motifs is 1. The third kappa shape index (κ3) is 3.85. The van der Waals surface area contributed by atoms with Crippen molar-refractivity contribution in [3.05, 3.63) is 0 Å². The van der Waals surface area contributed by atoms with Crippen molar-refractivity contribution >= 4 is 64.8 Å². The first kappa shape index (κ1) is 16.5. The van der Waals surface area contributed by atoms with Gasteiger partial charge in [0.25, 0.3) is 0 Å². The van der Waals surface area contributed by atoms with E-state index in [1.165, 1.54) is 12.8 Å². The van der Waals surface area contributed by atoms with Crippen LogP contribution in [0.3, 0.4) is 0 Å². The van der Waals surface area contributed by atoms with E-state index in [9.17, 15) is 0 Å². The van der Waals surface area contributed by atoms with Crippen molar-refractivity contribution in [3.8, 4) is 0 Å². The molecule has 0 aromatic heterocycles. The molecular weight excluding hydrogens is 337 g/mol. The van der Waals surface area contributed by atoms with E-state index in [0.29, 0.717) is 0 Å². The van der Waals surface area contributed by atoms with Crippen molar-refractivity contribution in [2.45, 2.75) is 72.0 Å². The summed E-state index contributed by atoms with van der Waals surface area (Å²) in [6.45, 7) is 9.54. The Balaban J connectivity index is 2.07. The van der Waals surface area contributed by atoms with E-state index in [2.05, 4.69) is 92.5 Å². The quantitative estimate of drug-likeness (QED) is 0.533. The van der Waals surface area contributed by atoms with Gasteiger partial charge in [-0.05, 0) is 12.8 Å². The van der Waals surface area contributed by atoms with E-state index in [4.69, 9.17) is 0 Å². The standard InChI is InChI=1S/C12H22S6/c1-5-9-7(3)13-18-12-10(6-2)16-17-11(12)8(4)14-15-9/h7-12H,5-6H2,1-4H3/t7-,8+,9+,10+,11-,12-/m0/s1. The molecule has 2 saturated heterocycles. The van der Waals surface area contributed by atoms with Crippen LogP contribution in [0.2, 0.25) is 0 Å². The Morgan fingerprint density at radius 1 is 0.611 bits per heavy atom. The van der Waals surface area contributed by atoms with Crippen molar-refractivity contribution in [1.82, 2.24) is 0 Å². The van der Waals surface area contributed by atoms with Gasteiger partial charge in [0.15, 0.2) is 0 Å². The maximum atomic E-state index is 2.44. The van der Waals surface area contributed by atoms with Crippen LogP contribution in [0.25, 0.3) is 0 Å². The molecule has 2 aliphatic rings. The molecule has 0 radical (unpaired) electrons. The molecule has 0 aromatic rings. The van der Waals surface area contributed by atoms with Crippen molar-refractivity contribution in [2.24, 2.45) is 0 Å². The zero-order valence-electron chi connectivity index (χ0n) is 11.3. The molecule has 0 spiro atoms. The minimum atomic E-state index is 0.775. The summed E-state index contributed by atoms with van der Waals surface area (Å²) < 4.78 is 0. The molecule has 0 saturated carbocycles. The first-order chi connectivity index (χ1) is 8.67. The summed E-state index contributed by atoms with van der Waals surface area (Å²) >= 11 is 0. The van der Waals surface area contributed by atoms with Gasteiger partial charge in [0, 0.05) is 31.5 Å². The Kier molecular flexibility index (Phi) is 7.25. The van der Waals surface area contributed by atoms with Crippen LogP contribution in [0.1, 0.15) is 40.5 Å². The summed E-state index contributed by atoms with van der Waals surface area (Å²) in [7, 11) is 12.9. The van der Waals surface area contributed by atoms with Gasteiger partial charge in [-0.25, -0.2) is 0 Å². The molecule has 2 heterocycles. The average Bonchev–Trinajstić information content (AvgIpc) is 2.79. The van der Waals surface area contributed by atoms with Gasteiger partial charge >= 0.3 is 0 Å². The smallest absolute Gasteiger partial charge is 0.0416 e. The van der Waals surface area contributed by atoms with Gasteiger partial charge in [-0.3, -0.25) is 0 Å². The van der Waals surface area contributed by atoms with Gasteiger partial charge in [0.1, 0.15) is 0 Å². The highest BCUT2D eigenvalue weighted by Gasteiger charge is 2.42. The van der Waals surface area contributed by atoms with Crippen LogP contribution in [0.5, 0.6) is 0 Å². The molecule has 0 amide bonds. The van der Waals surface area contributed by atoms with Crippen molar-refractivity contribution < 1.29 is 0 Å². The van der Waals surface area contributed by atoms with Gasteiger partial charge in [0.05, 0.1) is 0 Å². The Hall–Kier alpha value is 2.10. The highest BCUT2D eigenvalue weighted by atomic mass is 33.1. The zero-order chi connectivity index (χ0) is 13.1. The lowest BCUT2D eigenvalue weighted by Gasteiger charge is -2.24. The van der Waals surface area contributed by atoms with E-state index in [0.717, 1.165) is 31.5 Å². The Bertz CT molecular complexity index is 261. The van der Waals surface area contributed by atoms with Gasteiger partial charge in [-0.1, -0.05) is 92.5 Å². The van der Waals surface area contributed by atoms with Gasteiger partial charge in [0.2, 0.25) is 0 Å². The maximum absolute atomic E-state index is 2.44. The highest BCUT2D eigenvalue weighted by molar-refractivity contribution is 8.82. The summed E-state index contributed by atoms with van der Waals surface area (Å²) in [5.41, 5.74) is 0. The molecule has 0 nitrogen and oxygen atoms in total. The molecular formula is C12H22S6. The second-order valence-electron chi connectivity index (χ2n) is 4.81. The fourth-order valence-corrected chi connectivity index (χ4v) is 15.4. The molecule has 106 valence electrons. The second kappa shape index (κ2) is 7.92. The van der Waals surface area contributed by atoms with Crippen molar-refractivity contribution in [1.29, 1.82) is 0 Å². The van der Waals surface area contributed by atoms with Crippen molar-refractivity contribution in [2.75, 3.05) is 0 Å². The Morgan fingerprint density at radius 2 is 1.17 bits per heavy atom. The third-order valence-corrected chi connectivity index (χ3v) is 14.9. The number of hydrogen-bond acceptors (Lipinski definition) is 6. The monoisotopic (exact) mass is 358 g/mol. The normalized spacial score (nSPS) is 46.0. The SMILES string of the molecule is CC[C@H]1SS[C@@H]2[C@H]1SS[C@@H](C)[C@@H](CC)SS[C@@H]2C. The molecule has 0 bridgehead atoms. The van der Waals surface area contributed by atoms with Gasteiger partial charge < -0.3 is 0 Å². The molecule has 2 aliphatic heterocycles. The molecule has 6 heteroatoms. The van der Waals surface area contributed by atoms with E-state index >= 15 is 0 Å². The average molecular weight is 359 g/mol. The Morgan fingerprint density at radius 3 is 1.83 bits per heavy atom. The third-order valence-electron chi connectivity index (χ3n) is 3.42. The van der Waals surface area contributed by atoms with Crippen LogP contribution >= 0.6 is 64.8 Å². The molecule has 2 fully saturated rings. The van der Waals surface area contributed by atoms with Crippen LogP contribution in [0.15, 0.2) is 0 Å². The summed E-state index contributed by atoms with van der Waals surface area (Å²) in [4.78, 5) is 0. The number of hydrogen-bond donors (Lipinski definition) is 0. The minimum Gasteiger partial charge on any atom is -0.0895 e.